The molecule has 5 nitrogen and oxygen atoms in total. The molecule has 0 spiro atoms. The van der Waals surface area contributed by atoms with Gasteiger partial charge >= 0.3 is 6.09 Å². The van der Waals surface area contributed by atoms with Gasteiger partial charge < -0.3 is 19.5 Å². The Hall–Kier alpha value is -2.47. The quantitative estimate of drug-likeness (QED) is 0.507. The molecule has 1 atom stereocenters. The van der Waals surface area contributed by atoms with E-state index in [2.05, 4.69) is 21.2 Å². The molecule has 2 aromatic carbocycles. The van der Waals surface area contributed by atoms with Crippen LogP contribution in [0.25, 0.3) is 6.08 Å². The topological polar surface area (TPSA) is 56.8 Å². The third-order valence-corrected chi connectivity index (χ3v) is 5.03. The molecule has 0 aliphatic heterocycles. The molecule has 1 amide bonds. The molecule has 1 N–H and O–H groups in total. The lowest BCUT2D eigenvalue weighted by Gasteiger charge is -2.22. The van der Waals surface area contributed by atoms with Gasteiger partial charge in [0.15, 0.2) is 11.5 Å². The summed E-state index contributed by atoms with van der Waals surface area (Å²) >= 11 is 3.55. The monoisotopic (exact) mass is 475 g/mol. The summed E-state index contributed by atoms with van der Waals surface area (Å²) in [6.45, 7) is 5.55. The Bertz CT molecular complexity index is 874. The number of carbonyl (C=O) groups excluding carboxylic acids is 1. The van der Waals surface area contributed by atoms with Gasteiger partial charge in [0.1, 0.15) is 5.60 Å². The van der Waals surface area contributed by atoms with Crippen LogP contribution in [0, 0.1) is 0 Å². The molecule has 0 aromatic heterocycles. The first-order chi connectivity index (χ1) is 14.2. The zero-order valence-corrected chi connectivity index (χ0v) is 19.8. The number of methoxy groups -OCH3 is 2. The van der Waals surface area contributed by atoms with Crippen LogP contribution in [0.4, 0.5) is 4.79 Å². The molecule has 0 fully saturated rings. The lowest BCUT2D eigenvalue weighted by molar-refractivity contribution is 0.0513. The molecule has 0 heterocycles. The van der Waals surface area contributed by atoms with E-state index in [1.165, 1.54) is 0 Å². The summed E-state index contributed by atoms with van der Waals surface area (Å²) in [5.41, 5.74) is 1.59. The first kappa shape index (κ1) is 23.8. The van der Waals surface area contributed by atoms with Gasteiger partial charge in [0.2, 0.25) is 0 Å². The standard InChI is InChI=1S/C24H30BrNO4/c1-24(2,3)30-23(27)26-19(14-12-18-8-6-7-9-20(18)25)13-10-17-11-15-21(28-4)22(16-17)29-5/h6-9,11-12,14-16,19H,10,13H2,1-5H3,(H,26,27)/b14-12+/t19-/m0/s1. The summed E-state index contributed by atoms with van der Waals surface area (Å²) < 4.78 is 17.1. The van der Waals surface area contributed by atoms with E-state index in [-0.39, 0.29) is 6.04 Å². The van der Waals surface area contributed by atoms with E-state index >= 15 is 0 Å². The third kappa shape index (κ3) is 7.75. The molecule has 0 aliphatic carbocycles. The Morgan fingerprint density at radius 2 is 1.80 bits per heavy atom. The van der Waals surface area contributed by atoms with E-state index < -0.39 is 11.7 Å². The highest BCUT2D eigenvalue weighted by Gasteiger charge is 2.18. The van der Waals surface area contributed by atoms with Crippen molar-refractivity contribution in [2.75, 3.05) is 14.2 Å². The number of rotatable bonds is 8. The fourth-order valence-electron chi connectivity index (χ4n) is 2.86. The Morgan fingerprint density at radius 3 is 2.43 bits per heavy atom. The molecule has 2 rings (SSSR count). The number of halogens is 1. The van der Waals surface area contributed by atoms with E-state index in [1.807, 2.05) is 75.4 Å². The van der Waals surface area contributed by atoms with Gasteiger partial charge in [-0.25, -0.2) is 4.79 Å². The predicted octanol–water partition coefficient (Wildman–Crippen LogP) is 6.01. The van der Waals surface area contributed by atoms with Crippen molar-refractivity contribution in [3.8, 4) is 11.5 Å². The van der Waals surface area contributed by atoms with Crippen LogP contribution in [0.15, 0.2) is 53.0 Å². The number of alkyl carbamates (subject to hydrolysis) is 1. The van der Waals surface area contributed by atoms with Gasteiger partial charge in [-0.05, 0) is 62.9 Å². The lowest BCUT2D eigenvalue weighted by Crippen LogP contribution is -2.38. The summed E-state index contributed by atoms with van der Waals surface area (Å²) in [6, 6.07) is 13.6. The summed E-state index contributed by atoms with van der Waals surface area (Å²) in [6.07, 6.45) is 5.01. The van der Waals surface area contributed by atoms with Crippen LogP contribution in [0.3, 0.4) is 0 Å². The SMILES string of the molecule is COc1ccc(CC[C@@H](/C=C/c2ccccc2Br)NC(=O)OC(C)(C)C)cc1OC. The second kappa shape index (κ2) is 11.1. The average molecular weight is 476 g/mol. The molecule has 162 valence electrons. The lowest BCUT2D eigenvalue weighted by atomic mass is 10.0. The van der Waals surface area contributed by atoms with Crippen LogP contribution in [0.1, 0.15) is 38.3 Å². The maximum atomic E-state index is 12.3. The van der Waals surface area contributed by atoms with Gasteiger partial charge in [-0.2, -0.15) is 0 Å². The van der Waals surface area contributed by atoms with Crippen LogP contribution in [-0.4, -0.2) is 32.0 Å². The molecule has 0 unspecified atom stereocenters. The van der Waals surface area contributed by atoms with Gasteiger partial charge in [-0.1, -0.05) is 52.3 Å². The molecular formula is C24H30BrNO4. The van der Waals surface area contributed by atoms with E-state index in [1.54, 1.807) is 14.2 Å². The van der Waals surface area contributed by atoms with Crippen LogP contribution >= 0.6 is 15.9 Å². The van der Waals surface area contributed by atoms with E-state index in [0.717, 1.165) is 22.0 Å². The Kier molecular flexibility index (Phi) is 8.78. The van der Waals surface area contributed by atoms with Crippen molar-refractivity contribution in [1.82, 2.24) is 5.32 Å². The maximum Gasteiger partial charge on any atom is 0.408 e. The molecule has 0 saturated carbocycles. The number of aryl methyl sites for hydroxylation is 1. The zero-order valence-electron chi connectivity index (χ0n) is 18.2. The van der Waals surface area contributed by atoms with Crippen LogP contribution in [0.5, 0.6) is 11.5 Å². The summed E-state index contributed by atoms with van der Waals surface area (Å²) in [7, 11) is 3.24. The van der Waals surface area contributed by atoms with E-state index in [0.29, 0.717) is 17.9 Å². The maximum absolute atomic E-state index is 12.3. The number of benzene rings is 2. The van der Waals surface area contributed by atoms with Crippen molar-refractivity contribution in [1.29, 1.82) is 0 Å². The predicted molar refractivity (Wildman–Crippen MR) is 124 cm³/mol. The molecule has 0 saturated heterocycles. The first-order valence-corrected chi connectivity index (χ1v) is 10.6. The highest BCUT2D eigenvalue weighted by molar-refractivity contribution is 9.10. The minimum absolute atomic E-state index is 0.194. The van der Waals surface area contributed by atoms with Crippen LogP contribution in [0.2, 0.25) is 0 Å². The van der Waals surface area contributed by atoms with Crippen molar-refractivity contribution in [3.63, 3.8) is 0 Å². The molecule has 30 heavy (non-hydrogen) atoms. The van der Waals surface area contributed by atoms with Crippen molar-refractivity contribution in [3.05, 3.63) is 64.1 Å². The number of hydrogen-bond donors (Lipinski definition) is 1. The Morgan fingerprint density at radius 1 is 1.10 bits per heavy atom. The minimum atomic E-state index is -0.551. The van der Waals surface area contributed by atoms with Crippen LogP contribution < -0.4 is 14.8 Å². The first-order valence-electron chi connectivity index (χ1n) is 9.85. The summed E-state index contributed by atoms with van der Waals surface area (Å²) in [5.74, 6) is 1.38. The fourth-order valence-corrected chi connectivity index (χ4v) is 3.28. The van der Waals surface area contributed by atoms with Crippen LogP contribution in [-0.2, 0) is 11.2 Å². The second-order valence-electron chi connectivity index (χ2n) is 7.86. The fraction of sp³-hybridized carbons (Fsp3) is 0.375. The minimum Gasteiger partial charge on any atom is -0.493 e. The van der Waals surface area contributed by atoms with Crippen molar-refractivity contribution >= 4 is 28.1 Å². The number of nitrogens with one attached hydrogen (secondary N) is 1. The summed E-state index contributed by atoms with van der Waals surface area (Å²) in [5, 5.41) is 2.97. The second-order valence-corrected chi connectivity index (χ2v) is 8.72. The van der Waals surface area contributed by atoms with Gasteiger partial charge in [-0.15, -0.1) is 0 Å². The Labute approximate surface area is 187 Å². The highest BCUT2D eigenvalue weighted by atomic mass is 79.9. The van der Waals surface area contributed by atoms with Gasteiger partial charge in [0.25, 0.3) is 0 Å². The largest absolute Gasteiger partial charge is 0.493 e. The molecule has 6 heteroatoms. The molecule has 0 bridgehead atoms. The zero-order chi connectivity index (χ0) is 22.1. The molecule has 0 radical (unpaired) electrons. The number of hydrogen-bond acceptors (Lipinski definition) is 4. The third-order valence-electron chi connectivity index (χ3n) is 4.31. The van der Waals surface area contributed by atoms with Crippen molar-refractivity contribution < 1.29 is 19.0 Å². The molecular weight excluding hydrogens is 446 g/mol. The molecule has 2 aromatic rings. The smallest absolute Gasteiger partial charge is 0.408 e. The van der Waals surface area contributed by atoms with Crippen molar-refractivity contribution in [2.45, 2.75) is 45.3 Å². The highest BCUT2D eigenvalue weighted by Crippen LogP contribution is 2.28. The molecule has 0 aliphatic rings. The van der Waals surface area contributed by atoms with Gasteiger partial charge in [0, 0.05) is 4.47 Å². The average Bonchev–Trinajstić information content (AvgIpc) is 2.69. The number of ether oxygens (including phenoxy) is 3. The number of carbonyl (C=O) groups is 1. The van der Waals surface area contributed by atoms with Gasteiger partial charge in [0.05, 0.1) is 20.3 Å². The van der Waals surface area contributed by atoms with E-state index in [9.17, 15) is 4.79 Å². The number of amides is 1. The van der Waals surface area contributed by atoms with Crippen molar-refractivity contribution in [2.24, 2.45) is 0 Å². The summed E-state index contributed by atoms with van der Waals surface area (Å²) in [4.78, 5) is 12.3. The van der Waals surface area contributed by atoms with Gasteiger partial charge in [-0.3, -0.25) is 0 Å². The normalized spacial score (nSPS) is 12.5. The Balaban J connectivity index is 2.14. The van der Waals surface area contributed by atoms with E-state index in [4.69, 9.17) is 14.2 Å².